The average Bonchev–Trinajstić information content (AvgIpc) is 2.76. The smallest absolute Gasteiger partial charge is 0.239 e. The van der Waals surface area contributed by atoms with E-state index in [-0.39, 0.29) is 11.9 Å². The first kappa shape index (κ1) is 13.0. The fraction of sp³-hybridized carbons (Fsp3) is 0.545. The molecule has 0 spiro atoms. The van der Waals surface area contributed by atoms with Gasteiger partial charge in [-0.3, -0.25) is 4.79 Å². The van der Waals surface area contributed by atoms with Crippen LogP contribution >= 0.6 is 27.3 Å². The Morgan fingerprint density at radius 3 is 3.18 bits per heavy atom. The highest BCUT2D eigenvalue weighted by Crippen LogP contribution is 2.21. The first-order valence-electron chi connectivity index (χ1n) is 5.59. The highest BCUT2D eigenvalue weighted by Gasteiger charge is 2.20. The number of morpholine rings is 1. The van der Waals surface area contributed by atoms with Gasteiger partial charge in [-0.1, -0.05) is 0 Å². The third kappa shape index (κ3) is 4.06. The third-order valence-electron chi connectivity index (χ3n) is 2.54. The molecule has 0 aromatic carbocycles. The Bertz CT molecular complexity index is 377. The Labute approximate surface area is 113 Å². The SMILES string of the molecule is O=C(NCCc1ccc(Br)s1)C1COCCN1. The molecule has 0 saturated carbocycles. The number of hydrogen-bond donors (Lipinski definition) is 2. The van der Waals surface area contributed by atoms with Crippen molar-refractivity contribution < 1.29 is 9.53 Å². The summed E-state index contributed by atoms with van der Waals surface area (Å²) in [7, 11) is 0. The predicted molar refractivity (Wildman–Crippen MR) is 71.3 cm³/mol. The Morgan fingerprint density at radius 1 is 1.65 bits per heavy atom. The largest absolute Gasteiger partial charge is 0.378 e. The Balaban J connectivity index is 1.69. The number of thiophene rings is 1. The lowest BCUT2D eigenvalue weighted by Crippen LogP contribution is -2.51. The normalized spacial score (nSPS) is 20.2. The van der Waals surface area contributed by atoms with Gasteiger partial charge in [0.1, 0.15) is 6.04 Å². The number of nitrogens with one attached hydrogen (secondary N) is 2. The lowest BCUT2D eigenvalue weighted by atomic mass is 10.2. The van der Waals surface area contributed by atoms with Crippen LogP contribution in [-0.2, 0) is 16.0 Å². The molecule has 2 rings (SSSR count). The average molecular weight is 319 g/mol. The van der Waals surface area contributed by atoms with Gasteiger partial charge in [0, 0.05) is 18.0 Å². The summed E-state index contributed by atoms with van der Waals surface area (Å²) < 4.78 is 6.37. The lowest BCUT2D eigenvalue weighted by molar-refractivity contribution is -0.125. The summed E-state index contributed by atoms with van der Waals surface area (Å²) in [5, 5.41) is 6.05. The molecule has 1 amide bonds. The summed E-state index contributed by atoms with van der Waals surface area (Å²) in [6.07, 6.45) is 0.871. The first-order chi connectivity index (χ1) is 8.25. The van der Waals surface area contributed by atoms with Crippen LogP contribution in [0.15, 0.2) is 15.9 Å². The number of carbonyl (C=O) groups is 1. The van der Waals surface area contributed by atoms with Crippen molar-refractivity contribution in [2.24, 2.45) is 0 Å². The summed E-state index contributed by atoms with van der Waals surface area (Å²) >= 11 is 5.12. The predicted octanol–water partition coefficient (Wildman–Crippen LogP) is 1.16. The van der Waals surface area contributed by atoms with E-state index in [9.17, 15) is 4.79 Å². The molecule has 17 heavy (non-hydrogen) atoms. The molecule has 1 aliphatic rings. The van der Waals surface area contributed by atoms with E-state index < -0.39 is 0 Å². The van der Waals surface area contributed by atoms with E-state index in [0.29, 0.717) is 19.8 Å². The van der Waals surface area contributed by atoms with E-state index in [2.05, 4.69) is 32.6 Å². The summed E-state index contributed by atoms with van der Waals surface area (Å²) in [6, 6.07) is 3.90. The van der Waals surface area contributed by atoms with E-state index in [1.54, 1.807) is 11.3 Å². The van der Waals surface area contributed by atoms with Gasteiger partial charge in [0.05, 0.1) is 17.0 Å². The topological polar surface area (TPSA) is 50.4 Å². The molecule has 1 saturated heterocycles. The number of ether oxygens (including phenoxy) is 1. The maximum absolute atomic E-state index is 11.7. The van der Waals surface area contributed by atoms with E-state index >= 15 is 0 Å². The van der Waals surface area contributed by atoms with Crippen molar-refractivity contribution in [1.82, 2.24) is 10.6 Å². The van der Waals surface area contributed by atoms with E-state index in [4.69, 9.17) is 4.74 Å². The van der Waals surface area contributed by atoms with E-state index in [0.717, 1.165) is 16.8 Å². The van der Waals surface area contributed by atoms with Crippen LogP contribution in [0.2, 0.25) is 0 Å². The number of rotatable bonds is 4. The van der Waals surface area contributed by atoms with Gasteiger partial charge in [-0.15, -0.1) is 11.3 Å². The van der Waals surface area contributed by atoms with Crippen molar-refractivity contribution in [3.05, 3.63) is 20.8 Å². The number of halogens is 1. The van der Waals surface area contributed by atoms with Crippen LogP contribution in [0.3, 0.4) is 0 Å². The molecule has 4 nitrogen and oxygen atoms in total. The van der Waals surface area contributed by atoms with Gasteiger partial charge in [0.15, 0.2) is 0 Å². The number of amides is 1. The summed E-state index contributed by atoms with van der Waals surface area (Å²) in [5.41, 5.74) is 0. The zero-order valence-corrected chi connectivity index (χ0v) is 11.8. The third-order valence-corrected chi connectivity index (χ3v) is 4.22. The molecule has 2 heterocycles. The van der Waals surface area contributed by atoms with Crippen molar-refractivity contribution in [3.8, 4) is 0 Å². The molecule has 1 unspecified atom stereocenters. The fourth-order valence-corrected chi connectivity index (χ4v) is 3.13. The molecular weight excluding hydrogens is 304 g/mol. The van der Waals surface area contributed by atoms with Gasteiger partial charge in [-0.2, -0.15) is 0 Å². The maximum Gasteiger partial charge on any atom is 0.239 e. The Morgan fingerprint density at radius 2 is 2.53 bits per heavy atom. The monoisotopic (exact) mass is 318 g/mol. The maximum atomic E-state index is 11.7. The minimum Gasteiger partial charge on any atom is -0.378 e. The number of carbonyl (C=O) groups excluding carboxylic acids is 1. The van der Waals surface area contributed by atoms with Crippen LogP contribution in [0.5, 0.6) is 0 Å². The van der Waals surface area contributed by atoms with E-state index in [1.165, 1.54) is 4.88 Å². The molecule has 2 N–H and O–H groups in total. The molecule has 1 aliphatic heterocycles. The van der Waals surface area contributed by atoms with Gasteiger partial charge in [-0.05, 0) is 34.5 Å². The van der Waals surface area contributed by atoms with Gasteiger partial charge in [0.2, 0.25) is 5.91 Å². The summed E-state index contributed by atoms with van der Waals surface area (Å²) in [5.74, 6) is 0.0281. The second kappa shape index (κ2) is 6.49. The molecule has 0 radical (unpaired) electrons. The van der Waals surface area contributed by atoms with Crippen molar-refractivity contribution in [2.75, 3.05) is 26.3 Å². The highest BCUT2D eigenvalue weighted by atomic mass is 79.9. The van der Waals surface area contributed by atoms with Gasteiger partial charge < -0.3 is 15.4 Å². The van der Waals surface area contributed by atoms with Crippen LogP contribution in [-0.4, -0.2) is 38.3 Å². The highest BCUT2D eigenvalue weighted by molar-refractivity contribution is 9.11. The van der Waals surface area contributed by atoms with Gasteiger partial charge >= 0.3 is 0 Å². The molecule has 6 heteroatoms. The molecule has 1 aromatic rings. The van der Waals surface area contributed by atoms with Crippen LogP contribution in [0.4, 0.5) is 0 Å². The number of hydrogen-bond acceptors (Lipinski definition) is 4. The van der Waals surface area contributed by atoms with Gasteiger partial charge in [-0.25, -0.2) is 0 Å². The lowest BCUT2D eigenvalue weighted by Gasteiger charge is -2.22. The van der Waals surface area contributed by atoms with Crippen LogP contribution in [0, 0.1) is 0 Å². The first-order valence-corrected chi connectivity index (χ1v) is 7.20. The zero-order chi connectivity index (χ0) is 12.1. The molecule has 94 valence electrons. The second-order valence-electron chi connectivity index (χ2n) is 3.83. The zero-order valence-electron chi connectivity index (χ0n) is 9.37. The molecule has 1 atom stereocenters. The van der Waals surface area contributed by atoms with Crippen molar-refractivity contribution >= 4 is 33.2 Å². The Hall–Kier alpha value is -0.430. The molecule has 1 fully saturated rings. The fourth-order valence-electron chi connectivity index (χ4n) is 1.65. The second-order valence-corrected chi connectivity index (χ2v) is 6.38. The quantitative estimate of drug-likeness (QED) is 0.876. The van der Waals surface area contributed by atoms with Crippen molar-refractivity contribution in [2.45, 2.75) is 12.5 Å². The van der Waals surface area contributed by atoms with Crippen molar-refractivity contribution in [3.63, 3.8) is 0 Å². The minimum atomic E-state index is -0.196. The Kier molecular flexibility index (Phi) is 4.97. The van der Waals surface area contributed by atoms with Crippen LogP contribution in [0.1, 0.15) is 4.88 Å². The molecule has 1 aromatic heterocycles. The van der Waals surface area contributed by atoms with Crippen LogP contribution < -0.4 is 10.6 Å². The van der Waals surface area contributed by atoms with Gasteiger partial charge in [0.25, 0.3) is 0 Å². The summed E-state index contributed by atoms with van der Waals surface area (Å²) in [6.45, 7) is 2.57. The van der Waals surface area contributed by atoms with Crippen LogP contribution in [0.25, 0.3) is 0 Å². The standard InChI is InChI=1S/C11H15BrN2O2S/c12-10-2-1-8(17-10)3-4-14-11(15)9-7-16-6-5-13-9/h1-2,9,13H,3-7H2,(H,14,15). The molecule has 0 bridgehead atoms. The molecular formula is C11H15BrN2O2S. The summed E-state index contributed by atoms with van der Waals surface area (Å²) in [4.78, 5) is 13.0. The van der Waals surface area contributed by atoms with E-state index in [1.807, 2.05) is 6.07 Å². The van der Waals surface area contributed by atoms with Crippen molar-refractivity contribution in [1.29, 1.82) is 0 Å². The molecule has 0 aliphatic carbocycles. The minimum absolute atomic E-state index is 0.0281.